The Kier molecular flexibility index (Phi) is 29.9. The molecule has 434 valence electrons. The zero-order chi connectivity index (χ0) is 56.6. The maximum absolute atomic E-state index is 13.7. The molecule has 30 nitrogen and oxygen atoms in total. The van der Waals surface area contributed by atoms with Crippen molar-refractivity contribution in [1.82, 2.24) is 56.0 Å². The Morgan fingerprint density at radius 2 is 1.22 bits per heavy atom. The van der Waals surface area contributed by atoms with Crippen LogP contribution in [0.3, 0.4) is 0 Å². The Balaban J connectivity index is 0.0000203. The first-order valence-electron chi connectivity index (χ1n) is 24.4. The standard InChI is InChI=1S/C45H72BN13O17.Lu/c1-28(44(74)59-23-31(60)19-34(59)46(75)76)51-41(71)30-8-6-29(7-9-30)21-49-43(73)33(20-37(63)64)53-35(61)22-50-42(72)32(5-4-10-48-45(47)54(2)3)52-36(62)24-55-11-13-56(25-38(65)66)15-17-58(27-40(69)70)18-16-57(14-12-55)26-39(67)68;/h6-9,28,31-34,60,75-76H,4-5,10-27H2,1-3H3,(H2,47,48)(H,49,73)(H,50,72)(H,51,71)(H,52,62)(H,53,61)(H,63,64)(H,65,66)(H,67,68)(H,69,70);/q;+3/p-3/t28-,31+,32+,33+,34+;/m1./s1. The van der Waals surface area contributed by atoms with E-state index in [-0.39, 0.29) is 146 Å². The van der Waals surface area contributed by atoms with Crippen molar-refractivity contribution in [3.63, 3.8) is 0 Å². The molecule has 5 atom stereocenters. The number of carboxylic acids is 4. The van der Waals surface area contributed by atoms with Crippen LogP contribution in [0, 0.1) is 36.9 Å². The number of nitrogens with zero attached hydrogens (tertiary/aromatic N) is 7. The van der Waals surface area contributed by atoms with Crippen LogP contribution >= 0.6 is 0 Å². The Bertz CT molecular complexity index is 2180. The van der Waals surface area contributed by atoms with E-state index in [0.29, 0.717) is 5.56 Å². The predicted molar refractivity (Wildman–Crippen MR) is 261 cm³/mol. The summed E-state index contributed by atoms with van der Waals surface area (Å²) in [6.07, 6.45) is -1.71. The van der Waals surface area contributed by atoms with E-state index in [4.69, 9.17) is 5.73 Å². The first-order valence-corrected chi connectivity index (χ1v) is 24.4. The molecule has 2 aliphatic heterocycles. The third kappa shape index (κ3) is 25.5. The number of β-amino-alcohol motifs (C(OH)–C–C–N with tert-alkyl or cyclic N) is 1. The number of carboxylic acid groups (broad SMARTS) is 4. The van der Waals surface area contributed by atoms with E-state index in [1.54, 1.807) is 23.9 Å². The molecular weight excluding hydrogens is 1180 g/mol. The summed E-state index contributed by atoms with van der Waals surface area (Å²) < 4.78 is 0. The number of aliphatic carboxylic acids is 4. The van der Waals surface area contributed by atoms with Crippen LogP contribution in [0.1, 0.15) is 48.5 Å². The number of aliphatic imine (C=N–C) groups is 1. The zero-order valence-corrected chi connectivity index (χ0v) is 44.6. The van der Waals surface area contributed by atoms with Crippen LogP contribution < -0.4 is 47.6 Å². The predicted octanol–water partition coefficient (Wildman–Crippen LogP) is -10.9. The van der Waals surface area contributed by atoms with Gasteiger partial charge >= 0.3 is 50.0 Å². The summed E-state index contributed by atoms with van der Waals surface area (Å²) in [5, 5.41) is 85.7. The fourth-order valence-electron chi connectivity index (χ4n) is 8.08. The molecular formula is C45H69BLuN13O17. The molecule has 2 fully saturated rings. The van der Waals surface area contributed by atoms with E-state index in [0.717, 1.165) is 4.90 Å². The summed E-state index contributed by atoms with van der Waals surface area (Å²) in [7, 11) is 1.43. The number of benzene rings is 1. The number of hydrogen-bond donors (Lipinski definition) is 10. The largest absolute Gasteiger partial charge is 3.00 e. The van der Waals surface area contributed by atoms with E-state index in [2.05, 4.69) is 31.6 Å². The van der Waals surface area contributed by atoms with Crippen molar-refractivity contribution >= 4 is 72.4 Å². The van der Waals surface area contributed by atoms with Crippen molar-refractivity contribution in [3.8, 4) is 0 Å². The summed E-state index contributed by atoms with van der Waals surface area (Å²) in [5.74, 6) is -11.2. The maximum atomic E-state index is 13.7. The van der Waals surface area contributed by atoms with E-state index in [1.807, 2.05) is 0 Å². The van der Waals surface area contributed by atoms with E-state index < -0.39 is 129 Å². The summed E-state index contributed by atoms with van der Waals surface area (Å²) >= 11 is 0. The van der Waals surface area contributed by atoms with Crippen molar-refractivity contribution in [3.05, 3.63) is 35.4 Å². The molecule has 0 radical (unpaired) electrons. The van der Waals surface area contributed by atoms with Gasteiger partial charge in [-0.3, -0.25) is 58.2 Å². The molecule has 0 spiro atoms. The minimum absolute atomic E-state index is 0. The number of amides is 6. The van der Waals surface area contributed by atoms with Gasteiger partial charge in [-0.25, -0.2) is 0 Å². The first-order chi connectivity index (χ1) is 35.8. The molecule has 2 aliphatic rings. The number of hydrogen-bond acceptors (Lipinski definition) is 21. The van der Waals surface area contributed by atoms with Gasteiger partial charge in [-0.05, 0) is 43.9 Å². The van der Waals surface area contributed by atoms with Crippen LogP contribution in [0.5, 0.6) is 0 Å². The van der Waals surface area contributed by atoms with Crippen LogP contribution in [0.2, 0.25) is 0 Å². The molecule has 2 heterocycles. The van der Waals surface area contributed by atoms with Crippen molar-refractivity contribution in [2.45, 2.75) is 69.3 Å². The maximum Gasteiger partial charge on any atom is 3.00 e. The number of nitrogens with two attached hydrogens (primary N) is 1. The number of likely N-dealkylation sites (tertiary alicyclic amines) is 1. The molecule has 1 aromatic rings. The third-order valence-corrected chi connectivity index (χ3v) is 12.2. The van der Waals surface area contributed by atoms with E-state index >= 15 is 0 Å². The Hall–Kier alpha value is -5.79. The molecule has 6 amide bonds. The number of aliphatic hydroxyl groups is 1. The molecule has 0 aromatic heterocycles. The SMILES string of the molecule is C[C@@H](NC(=O)c1ccc(CNC(=O)[C@H](CC(=O)O)NC(=O)CNC(=O)[C@H](CCCN=C(N)N(C)C)NC(=O)CN2CCN(CC(=O)[O-])CCN(CC(=O)[O-])CCN(CC(=O)[O-])CC2)cc1)C(=O)N1C[C@@H](O)C[C@H]1B(O)O.[Lu+3]. The van der Waals surface area contributed by atoms with Crippen molar-refractivity contribution < 1.29 is 120 Å². The average Bonchev–Trinajstić information content (AvgIpc) is 3.74. The molecule has 0 saturated carbocycles. The fraction of sp³-hybridized carbons (Fsp3) is 0.622. The van der Waals surface area contributed by atoms with Crippen LogP contribution in [-0.4, -0.2) is 264 Å². The number of aliphatic hydroxyl groups excluding tert-OH is 1. The van der Waals surface area contributed by atoms with Gasteiger partial charge in [0.1, 0.15) is 18.1 Å². The van der Waals surface area contributed by atoms with Crippen molar-refractivity contribution in [1.29, 1.82) is 0 Å². The molecule has 0 bridgehead atoms. The van der Waals surface area contributed by atoms with Gasteiger partial charge in [0.05, 0.1) is 49.5 Å². The molecule has 3 rings (SSSR count). The number of nitrogens with one attached hydrogen (secondary N) is 5. The van der Waals surface area contributed by atoms with Gasteiger partial charge in [0.25, 0.3) is 5.91 Å². The number of rotatable bonds is 26. The smallest absolute Gasteiger partial charge is 0.549 e. The normalized spacial score (nSPS) is 18.4. The van der Waals surface area contributed by atoms with Gasteiger partial charge in [-0.15, -0.1) is 0 Å². The second kappa shape index (κ2) is 34.2. The van der Waals surface area contributed by atoms with Gasteiger partial charge in [0.2, 0.25) is 29.5 Å². The van der Waals surface area contributed by atoms with Crippen LogP contribution in [0.4, 0.5) is 0 Å². The molecule has 11 N–H and O–H groups in total. The summed E-state index contributed by atoms with van der Waals surface area (Å²) in [4.78, 5) is 139. The van der Waals surface area contributed by atoms with Gasteiger partial charge in [0.15, 0.2) is 5.96 Å². The molecule has 1 aromatic carbocycles. The second-order valence-corrected chi connectivity index (χ2v) is 18.5. The fourth-order valence-corrected chi connectivity index (χ4v) is 8.08. The number of carbonyl (C=O) groups excluding carboxylic acids is 9. The van der Waals surface area contributed by atoms with Gasteiger partial charge < -0.3 is 92.1 Å². The molecule has 77 heavy (non-hydrogen) atoms. The summed E-state index contributed by atoms with van der Waals surface area (Å²) in [6, 6.07) is 1.69. The van der Waals surface area contributed by atoms with Gasteiger partial charge in [0, 0.05) is 111 Å². The van der Waals surface area contributed by atoms with Gasteiger partial charge in [-0.1, -0.05) is 12.1 Å². The van der Waals surface area contributed by atoms with Crippen LogP contribution in [-0.2, 0) is 49.7 Å². The summed E-state index contributed by atoms with van der Waals surface area (Å²) in [6.45, 7) is -0.953. The first kappa shape index (κ1) is 67.3. The Morgan fingerprint density at radius 3 is 1.69 bits per heavy atom. The van der Waals surface area contributed by atoms with Crippen molar-refractivity contribution in [2.75, 3.05) is 112 Å². The Morgan fingerprint density at radius 1 is 0.740 bits per heavy atom. The van der Waals surface area contributed by atoms with Crippen LogP contribution in [0.15, 0.2) is 29.3 Å². The van der Waals surface area contributed by atoms with Crippen molar-refractivity contribution in [2.24, 2.45) is 10.7 Å². The summed E-state index contributed by atoms with van der Waals surface area (Å²) in [5.41, 5.74) is 6.45. The molecule has 2 saturated heterocycles. The average molecular weight is 1250 g/mol. The topological polar surface area (TPSA) is 439 Å². The number of guanidine groups is 1. The Labute approximate surface area is 474 Å². The molecule has 0 aliphatic carbocycles. The number of carbonyl (C=O) groups is 10. The molecule has 32 heteroatoms. The molecule has 0 unspecified atom stereocenters. The second-order valence-electron chi connectivity index (χ2n) is 18.5. The van der Waals surface area contributed by atoms with Gasteiger partial charge in [-0.2, -0.15) is 0 Å². The van der Waals surface area contributed by atoms with E-state index in [9.17, 15) is 83.5 Å². The van der Waals surface area contributed by atoms with E-state index in [1.165, 1.54) is 45.9 Å². The quantitative estimate of drug-likeness (QED) is 0.0178. The minimum Gasteiger partial charge on any atom is -0.549 e. The van der Waals surface area contributed by atoms with Crippen LogP contribution in [0.25, 0.3) is 0 Å². The monoisotopic (exact) mass is 1250 g/mol. The zero-order valence-electron chi connectivity index (χ0n) is 43.0. The third-order valence-electron chi connectivity index (χ3n) is 12.2. The minimum atomic E-state index is -1.89.